The number of nitrogens with one attached hydrogen (secondary N) is 6. The molecule has 0 bridgehead atoms. The first-order valence-corrected chi connectivity index (χ1v) is 4.85. The number of hydrogen-bond donors (Lipinski definition) is 0. The maximum absolute atomic E-state index is 8.47. The smallest absolute Gasteiger partial charge is 0.671 e. The molecule has 0 rings (SSSR count). The van der Waals surface area contributed by atoms with Crippen molar-refractivity contribution in [1.82, 2.24) is 0 Å². The van der Waals surface area contributed by atoms with Gasteiger partial charge in [0.25, 0.3) is 0 Å². The van der Waals surface area contributed by atoms with Gasteiger partial charge in [0.1, 0.15) is 0 Å². The second-order valence-electron chi connectivity index (χ2n) is 1.56. The molecule has 0 aromatic carbocycles. The van der Waals surface area contributed by atoms with Crippen LogP contribution in [0.2, 0.25) is 0 Å². The van der Waals surface area contributed by atoms with E-state index in [-0.39, 0.29) is 104 Å². The Bertz CT molecular complexity index is 159. The van der Waals surface area contributed by atoms with E-state index >= 15 is 0 Å². The monoisotopic (exact) mass is 465 g/mol. The van der Waals surface area contributed by atoms with E-state index in [1.54, 1.807) is 0 Å². The van der Waals surface area contributed by atoms with Gasteiger partial charge in [0, 0.05) is 38.5 Å². The normalized spacial score (nSPS) is 4.08. The van der Waals surface area contributed by atoms with Crippen molar-refractivity contribution in [3.63, 3.8) is 0 Å². The molecular weight excluding hydrogens is 444 g/mol. The quantitative estimate of drug-likeness (QED) is 0.320. The van der Waals surface area contributed by atoms with E-state index in [2.05, 4.69) is 13.8 Å². The summed E-state index contributed by atoms with van der Waals surface area (Å²) in [5.74, 6) is 0. The first kappa shape index (κ1) is 64.8. The average molecular weight is 465 g/mol. The molecule has 0 spiro atoms. The summed E-state index contributed by atoms with van der Waals surface area (Å²) in [6, 6.07) is 0. The first-order chi connectivity index (χ1) is 10.4. The topological polar surface area (TPSA) is 245 Å². The van der Waals surface area contributed by atoms with Crippen molar-refractivity contribution >= 4 is 38.5 Å². The van der Waals surface area contributed by atoms with Crippen molar-refractivity contribution in [2.24, 2.45) is 0 Å². The number of carbonyl (C=O) groups excluding carboxylic acids is 6. The van der Waals surface area contributed by atoms with E-state index < -0.39 is 0 Å². The van der Waals surface area contributed by atoms with Gasteiger partial charge in [-0.05, 0) is 0 Å². The van der Waals surface area contributed by atoms with Gasteiger partial charge in [0.2, 0.25) is 0 Å². The largest absolute Gasteiger partial charge is 3.00 e. The first-order valence-electron chi connectivity index (χ1n) is 4.85. The molecule has 0 aliphatic heterocycles. The third-order valence-corrected chi connectivity index (χ3v) is 0.354. The van der Waals surface area contributed by atoms with Gasteiger partial charge in [0.05, 0.1) is 0 Å². The van der Waals surface area contributed by atoms with E-state index in [9.17, 15) is 0 Å². The molecule has 1 radical (unpaired) electrons. The zero-order chi connectivity index (χ0) is 19.7. The molecule has 25 heavy (non-hydrogen) atoms. The van der Waals surface area contributed by atoms with Crippen LogP contribution >= 0.6 is 0 Å². The minimum atomic E-state index is 0. The number of rotatable bonds is 1. The number of unbranched alkanes of at least 4 members (excludes halogenated alkanes) is 1. The van der Waals surface area contributed by atoms with Crippen LogP contribution in [0.1, 0.15) is 19.8 Å². The molecule has 0 aliphatic rings. The van der Waals surface area contributed by atoms with Crippen LogP contribution in [-0.2, 0) is 93.9 Å². The molecule has 0 aromatic heterocycles. The van der Waals surface area contributed by atoms with Crippen LogP contribution in [0.4, 0.5) is 0 Å². The van der Waals surface area contributed by atoms with E-state index in [0.29, 0.717) is 0 Å². The second-order valence-corrected chi connectivity index (χ2v) is 1.56. The standard InChI is InChI=1S/C4H9.6CH3NO.3Ti/c1-3-4-2;6*2-1-3;;;/h1,3-4H2,2H3;6*1H,(H2,2,3);;;/q-1;;;;;;;2*+2;+3/p-6. The van der Waals surface area contributed by atoms with Crippen LogP contribution in [0.25, 0.3) is 34.4 Å². The van der Waals surface area contributed by atoms with E-state index in [1.165, 1.54) is 6.42 Å². The van der Waals surface area contributed by atoms with Crippen LogP contribution in [0, 0.1) is 6.92 Å². The fourth-order valence-electron chi connectivity index (χ4n) is 0. The summed E-state index contributed by atoms with van der Waals surface area (Å²) in [7, 11) is 0. The molecule has 139 valence electrons. The van der Waals surface area contributed by atoms with Crippen molar-refractivity contribution in [1.29, 1.82) is 0 Å². The van der Waals surface area contributed by atoms with Gasteiger partial charge in [-0.1, -0.05) is 13.3 Å². The molecule has 0 aromatic rings. The van der Waals surface area contributed by atoms with E-state index in [4.69, 9.17) is 63.2 Å². The summed E-state index contributed by atoms with van der Waals surface area (Å²) in [6.07, 6.45) is 2.28. The molecular formula is C10H21N6O6Ti3. The molecule has 0 heterocycles. The summed E-state index contributed by atoms with van der Waals surface area (Å²) < 4.78 is 0. The van der Waals surface area contributed by atoms with Crippen molar-refractivity contribution in [3.8, 4) is 0 Å². The summed E-state index contributed by atoms with van der Waals surface area (Å²) in [4.78, 5) is 50.8. The summed E-state index contributed by atoms with van der Waals surface area (Å²) >= 11 is 0. The Morgan fingerprint density at radius 2 is 0.640 bits per heavy atom. The molecule has 0 fully saturated rings. The molecule has 0 atom stereocenters. The van der Waals surface area contributed by atoms with Gasteiger partial charge >= 0.3 is 65.2 Å². The molecule has 12 nitrogen and oxygen atoms in total. The average Bonchev–Trinajstić information content (AvgIpc) is 2.44. The number of amides is 6. The predicted molar refractivity (Wildman–Crippen MR) is 82.6 cm³/mol. The zero-order valence-electron chi connectivity index (χ0n) is 13.5. The molecule has 0 aliphatic carbocycles. The Morgan fingerprint density at radius 3 is 0.640 bits per heavy atom. The Labute approximate surface area is 192 Å². The van der Waals surface area contributed by atoms with Gasteiger partial charge in [-0.3, -0.25) is 0 Å². The Kier molecular flexibility index (Phi) is 592. The van der Waals surface area contributed by atoms with Crippen LogP contribution < -0.4 is 0 Å². The predicted octanol–water partition coefficient (Wildman–Crippen LogP) is 2.78. The number of carbonyl (C=O) groups is 6. The van der Waals surface area contributed by atoms with Crippen molar-refractivity contribution in [2.45, 2.75) is 19.8 Å². The van der Waals surface area contributed by atoms with Crippen molar-refractivity contribution in [3.05, 3.63) is 41.3 Å². The van der Waals surface area contributed by atoms with Crippen molar-refractivity contribution < 1.29 is 93.9 Å². The third kappa shape index (κ3) is 7310000. The molecule has 0 saturated heterocycles. The van der Waals surface area contributed by atoms with Gasteiger partial charge in [0.15, 0.2) is 0 Å². The van der Waals surface area contributed by atoms with Gasteiger partial charge in [-0.2, -0.15) is 6.42 Å². The van der Waals surface area contributed by atoms with Crippen LogP contribution in [0.5, 0.6) is 0 Å². The Hall–Kier alpha value is -1.04. The Balaban J connectivity index is -0.0000000129. The van der Waals surface area contributed by atoms with Crippen LogP contribution in [0.3, 0.4) is 0 Å². The molecule has 0 unspecified atom stereocenters. The summed E-state index contributed by atoms with van der Waals surface area (Å²) in [5.41, 5.74) is 33.2. The fourth-order valence-corrected chi connectivity index (χ4v) is 0. The molecule has 6 N–H and O–H groups in total. The molecule has 6 amide bonds. The zero-order valence-corrected chi connectivity index (χ0v) is 18.2. The maximum atomic E-state index is 8.47. The minimum absolute atomic E-state index is 0. The van der Waals surface area contributed by atoms with Gasteiger partial charge in [-0.15, -0.1) is 0 Å². The van der Waals surface area contributed by atoms with Crippen LogP contribution in [-0.4, -0.2) is 38.5 Å². The Morgan fingerprint density at radius 1 is 0.600 bits per heavy atom. The SMILES string of the molecule is [CH2-]CCC.[NH-]C=O.[NH-]C=O.[NH-]C=O.[NH-]C=O.[NH-]C=O.[NH-]C=O.[Ti+2].[Ti+2].[Ti+3]. The summed E-state index contributed by atoms with van der Waals surface area (Å²) in [5, 5.41) is 0. The maximum Gasteiger partial charge on any atom is 3.00 e. The molecule has 15 heteroatoms. The summed E-state index contributed by atoms with van der Waals surface area (Å²) in [6.45, 7) is 5.72. The molecule has 0 saturated carbocycles. The fraction of sp³-hybridized carbons (Fsp3) is 0.300. The van der Waals surface area contributed by atoms with Gasteiger partial charge < -0.3 is 70.1 Å². The third-order valence-electron chi connectivity index (χ3n) is 0.354. The van der Waals surface area contributed by atoms with E-state index in [0.717, 1.165) is 6.42 Å². The number of hydrogen-bond acceptors (Lipinski definition) is 6. The van der Waals surface area contributed by atoms with Crippen LogP contribution in [0.15, 0.2) is 0 Å². The minimum Gasteiger partial charge on any atom is -0.671 e. The van der Waals surface area contributed by atoms with Gasteiger partial charge in [-0.25, -0.2) is 0 Å². The van der Waals surface area contributed by atoms with E-state index in [1.807, 2.05) is 0 Å². The second kappa shape index (κ2) is 228. The van der Waals surface area contributed by atoms with Crippen molar-refractivity contribution in [2.75, 3.05) is 0 Å².